The van der Waals surface area contributed by atoms with E-state index < -0.39 is 10.0 Å². The quantitative estimate of drug-likeness (QED) is 0.441. The van der Waals surface area contributed by atoms with E-state index in [1.54, 1.807) is 30.3 Å². The fourth-order valence-corrected chi connectivity index (χ4v) is 4.57. The molecule has 0 atom stereocenters. The molecule has 0 saturated heterocycles. The minimum Gasteiger partial charge on any atom is -0.337 e. The predicted octanol–water partition coefficient (Wildman–Crippen LogP) is 5.41. The first-order valence-electron chi connectivity index (χ1n) is 9.94. The van der Waals surface area contributed by atoms with Crippen LogP contribution < -0.4 is 10.0 Å². The van der Waals surface area contributed by atoms with Crippen LogP contribution in [-0.4, -0.2) is 18.4 Å². The molecule has 1 heterocycles. The summed E-state index contributed by atoms with van der Waals surface area (Å²) >= 11 is 0. The van der Waals surface area contributed by atoms with Gasteiger partial charge in [0.15, 0.2) is 11.6 Å². The first kappa shape index (κ1) is 20.8. The predicted molar refractivity (Wildman–Crippen MR) is 125 cm³/mol. The second kappa shape index (κ2) is 8.00. The van der Waals surface area contributed by atoms with Gasteiger partial charge in [-0.1, -0.05) is 47.5 Å². The smallest absolute Gasteiger partial charge is 0.263 e. The van der Waals surface area contributed by atoms with Crippen molar-refractivity contribution in [3.63, 3.8) is 0 Å². The minimum absolute atomic E-state index is 0.152. The van der Waals surface area contributed by atoms with Gasteiger partial charge in [0.25, 0.3) is 10.0 Å². The van der Waals surface area contributed by atoms with Gasteiger partial charge in [0.1, 0.15) is 0 Å². The third kappa shape index (κ3) is 4.36. The van der Waals surface area contributed by atoms with Gasteiger partial charge in [-0.05, 0) is 63.1 Å². The average Bonchev–Trinajstić information content (AvgIpc) is 2.71. The maximum Gasteiger partial charge on any atom is 0.263 e. The van der Waals surface area contributed by atoms with Crippen LogP contribution in [0.25, 0.3) is 11.0 Å². The summed E-state index contributed by atoms with van der Waals surface area (Å²) in [5.74, 6) is 0.503. The zero-order valence-electron chi connectivity index (χ0n) is 17.9. The summed E-state index contributed by atoms with van der Waals surface area (Å²) in [7, 11) is -3.83. The van der Waals surface area contributed by atoms with Crippen molar-refractivity contribution >= 4 is 38.4 Å². The molecule has 0 fully saturated rings. The van der Waals surface area contributed by atoms with Crippen LogP contribution in [0, 0.1) is 27.7 Å². The van der Waals surface area contributed by atoms with Crippen LogP contribution in [0.3, 0.4) is 0 Å². The molecule has 3 aromatic carbocycles. The Morgan fingerprint density at radius 3 is 1.84 bits per heavy atom. The third-order valence-corrected chi connectivity index (χ3v) is 6.41. The Morgan fingerprint density at radius 1 is 0.710 bits per heavy atom. The van der Waals surface area contributed by atoms with Crippen LogP contribution in [0.2, 0.25) is 0 Å². The Labute approximate surface area is 182 Å². The van der Waals surface area contributed by atoms with E-state index >= 15 is 0 Å². The molecule has 1 aromatic heterocycles. The van der Waals surface area contributed by atoms with Crippen molar-refractivity contribution in [1.82, 2.24) is 9.97 Å². The summed E-state index contributed by atoms with van der Waals surface area (Å²) < 4.78 is 28.7. The van der Waals surface area contributed by atoms with Gasteiger partial charge < -0.3 is 5.32 Å². The molecule has 4 aromatic rings. The molecule has 158 valence electrons. The minimum atomic E-state index is -3.83. The van der Waals surface area contributed by atoms with E-state index in [2.05, 4.69) is 32.1 Å². The van der Waals surface area contributed by atoms with Crippen LogP contribution in [-0.2, 0) is 10.0 Å². The molecule has 0 bridgehead atoms. The van der Waals surface area contributed by atoms with Crippen LogP contribution in [0.1, 0.15) is 22.3 Å². The SMILES string of the molecule is Cc1ccc(S(=O)(=O)Nc2nc3ccccc3nc2Nc2c(C)cc(C)cc2C)cc1. The molecule has 2 N–H and O–H groups in total. The number of rotatable bonds is 5. The number of sulfonamides is 1. The molecule has 0 amide bonds. The molecule has 31 heavy (non-hydrogen) atoms. The van der Waals surface area contributed by atoms with Crippen molar-refractivity contribution in [3.05, 3.63) is 82.9 Å². The molecule has 7 heteroatoms. The molecule has 0 unspecified atom stereocenters. The Morgan fingerprint density at radius 2 is 1.26 bits per heavy atom. The number of hydrogen-bond donors (Lipinski definition) is 2. The molecule has 0 spiro atoms. The fourth-order valence-electron chi connectivity index (χ4n) is 3.56. The molecule has 4 rings (SSSR count). The number of para-hydroxylation sites is 2. The van der Waals surface area contributed by atoms with Crippen molar-refractivity contribution in [2.45, 2.75) is 32.6 Å². The average molecular weight is 433 g/mol. The van der Waals surface area contributed by atoms with E-state index in [0.717, 1.165) is 27.9 Å². The molecule has 0 aliphatic rings. The lowest BCUT2D eigenvalue weighted by Crippen LogP contribution is -2.16. The number of fused-ring (bicyclic) bond motifs is 1. The number of nitrogens with zero attached hydrogens (tertiary/aromatic N) is 2. The Balaban J connectivity index is 1.81. The summed E-state index contributed by atoms with van der Waals surface area (Å²) in [6.07, 6.45) is 0. The highest BCUT2D eigenvalue weighted by Gasteiger charge is 2.19. The van der Waals surface area contributed by atoms with E-state index in [1.807, 2.05) is 45.9 Å². The Bertz CT molecular complexity index is 1360. The summed E-state index contributed by atoms with van der Waals surface area (Å²) in [5, 5.41) is 3.31. The second-order valence-corrected chi connectivity index (χ2v) is 9.41. The van der Waals surface area contributed by atoms with Gasteiger partial charge in [-0.2, -0.15) is 0 Å². The van der Waals surface area contributed by atoms with Crippen LogP contribution in [0.5, 0.6) is 0 Å². The first-order chi connectivity index (χ1) is 14.7. The fraction of sp³-hybridized carbons (Fsp3) is 0.167. The van der Waals surface area contributed by atoms with Crippen molar-refractivity contribution in [3.8, 4) is 0 Å². The molecule has 6 nitrogen and oxygen atoms in total. The number of aromatic nitrogens is 2. The normalized spacial score (nSPS) is 11.5. The zero-order valence-corrected chi connectivity index (χ0v) is 18.7. The highest BCUT2D eigenvalue weighted by atomic mass is 32.2. The number of anilines is 3. The molecular formula is C24H24N4O2S. The van der Waals surface area contributed by atoms with E-state index in [1.165, 1.54) is 0 Å². The van der Waals surface area contributed by atoms with Crippen LogP contribution in [0.4, 0.5) is 17.3 Å². The standard InChI is InChI=1S/C24H24N4O2S/c1-15-9-11-19(12-10-15)31(29,30)28-24-23(25-20-7-5-6-8-21(20)26-24)27-22-17(3)13-16(2)14-18(22)4/h5-14H,1-4H3,(H,25,27)(H,26,28). The van der Waals surface area contributed by atoms with E-state index in [9.17, 15) is 8.42 Å². The molecule has 0 aliphatic carbocycles. The van der Waals surface area contributed by atoms with Crippen molar-refractivity contribution in [2.24, 2.45) is 0 Å². The first-order valence-corrected chi connectivity index (χ1v) is 11.4. The van der Waals surface area contributed by atoms with Gasteiger partial charge in [-0.25, -0.2) is 18.4 Å². The number of hydrogen-bond acceptors (Lipinski definition) is 5. The van der Waals surface area contributed by atoms with Crippen LogP contribution in [0.15, 0.2) is 65.6 Å². The van der Waals surface area contributed by atoms with Crippen LogP contribution >= 0.6 is 0 Å². The number of nitrogens with one attached hydrogen (secondary N) is 2. The summed E-state index contributed by atoms with van der Waals surface area (Å²) in [4.78, 5) is 9.40. The van der Waals surface area contributed by atoms with Gasteiger partial charge >= 0.3 is 0 Å². The lowest BCUT2D eigenvalue weighted by molar-refractivity contribution is 0.601. The van der Waals surface area contributed by atoms with E-state index in [-0.39, 0.29) is 10.7 Å². The van der Waals surface area contributed by atoms with Gasteiger partial charge in [-0.3, -0.25) is 4.72 Å². The van der Waals surface area contributed by atoms with Crippen molar-refractivity contribution in [1.29, 1.82) is 0 Å². The Hall–Kier alpha value is -3.45. The highest BCUT2D eigenvalue weighted by molar-refractivity contribution is 7.92. The van der Waals surface area contributed by atoms with Gasteiger partial charge in [0.05, 0.1) is 15.9 Å². The molecule has 0 aliphatic heterocycles. The summed E-state index contributed by atoms with van der Waals surface area (Å²) in [6, 6.07) is 18.2. The topological polar surface area (TPSA) is 84.0 Å². The largest absolute Gasteiger partial charge is 0.337 e. The third-order valence-electron chi connectivity index (χ3n) is 5.05. The maximum absolute atomic E-state index is 13.0. The monoisotopic (exact) mass is 432 g/mol. The Kier molecular flexibility index (Phi) is 5.37. The lowest BCUT2D eigenvalue weighted by atomic mass is 10.1. The number of benzene rings is 3. The summed E-state index contributed by atoms with van der Waals surface area (Å²) in [5.41, 5.74) is 6.38. The van der Waals surface area contributed by atoms with E-state index in [4.69, 9.17) is 0 Å². The summed E-state index contributed by atoms with van der Waals surface area (Å²) in [6.45, 7) is 7.97. The molecule has 0 radical (unpaired) electrons. The number of aryl methyl sites for hydroxylation is 4. The molecule has 0 saturated carbocycles. The highest BCUT2D eigenvalue weighted by Crippen LogP contribution is 2.30. The van der Waals surface area contributed by atoms with E-state index in [0.29, 0.717) is 16.9 Å². The second-order valence-electron chi connectivity index (χ2n) is 7.73. The lowest BCUT2D eigenvalue weighted by Gasteiger charge is -2.17. The zero-order chi connectivity index (χ0) is 22.2. The van der Waals surface area contributed by atoms with Gasteiger partial charge in [0.2, 0.25) is 0 Å². The van der Waals surface area contributed by atoms with Gasteiger partial charge in [0, 0.05) is 5.69 Å². The molecular weight excluding hydrogens is 408 g/mol. The maximum atomic E-state index is 13.0. The van der Waals surface area contributed by atoms with Gasteiger partial charge in [-0.15, -0.1) is 0 Å². The van der Waals surface area contributed by atoms with Crippen molar-refractivity contribution < 1.29 is 8.42 Å². The van der Waals surface area contributed by atoms with Crippen molar-refractivity contribution in [2.75, 3.05) is 10.0 Å².